The Morgan fingerprint density at radius 1 is 1.32 bits per heavy atom. The van der Waals surface area contributed by atoms with E-state index in [1.807, 2.05) is 32.2 Å². The molecular formula is C15H18N2OS. The lowest BCUT2D eigenvalue weighted by Crippen LogP contribution is -2.25. The number of amides is 1. The van der Waals surface area contributed by atoms with Gasteiger partial charge >= 0.3 is 0 Å². The fraction of sp³-hybridized carbons (Fsp3) is 0.267. The van der Waals surface area contributed by atoms with Gasteiger partial charge in [0.25, 0.3) is 5.91 Å². The zero-order chi connectivity index (χ0) is 13.7. The summed E-state index contributed by atoms with van der Waals surface area (Å²) in [5, 5.41) is 10.2. The van der Waals surface area contributed by atoms with Crippen LogP contribution in [0.1, 0.15) is 21.5 Å². The third-order valence-electron chi connectivity index (χ3n) is 3.04. The van der Waals surface area contributed by atoms with Crippen LogP contribution in [0.25, 0.3) is 0 Å². The molecule has 1 amide bonds. The van der Waals surface area contributed by atoms with Crippen LogP contribution < -0.4 is 10.6 Å². The van der Waals surface area contributed by atoms with Crippen molar-refractivity contribution < 1.29 is 4.79 Å². The molecule has 1 aromatic heterocycles. The fourth-order valence-electron chi connectivity index (χ4n) is 1.94. The van der Waals surface area contributed by atoms with Crippen LogP contribution in [0.15, 0.2) is 35.0 Å². The van der Waals surface area contributed by atoms with Crippen molar-refractivity contribution in [3.8, 4) is 0 Å². The second kappa shape index (κ2) is 6.38. The van der Waals surface area contributed by atoms with Gasteiger partial charge in [0.1, 0.15) is 0 Å². The maximum atomic E-state index is 12.0. The summed E-state index contributed by atoms with van der Waals surface area (Å²) in [6.45, 7) is 2.66. The second-order valence-corrected chi connectivity index (χ2v) is 5.20. The highest BCUT2D eigenvalue weighted by atomic mass is 32.1. The number of hydrogen-bond donors (Lipinski definition) is 2. The normalized spacial score (nSPS) is 10.2. The molecule has 4 heteroatoms. The van der Waals surface area contributed by atoms with Crippen LogP contribution >= 0.6 is 11.3 Å². The van der Waals surface area contributed by atoms with E-state index in [1.54, 1.807) is 11.3 Å². The van der Waals surface area contributed by atoms with Gasteiger partial charge < -0.3 is 10.6 Å². The number of benzene rings is 1. The maximum Gasteiger partial charge on any atom is 0.251 e. The largest absolute Gasteiger partial charge is 0.388 e. The van der Waals surface area contributed by atoms with Gasteiger partial charge in [-0.25, -0.2) is 0 Å². The molecular weight excluding hydrogens is 256 g/mol. The van der Waals surface area contributed by atoms with E-state index >= 15 is 0 Å². The van der Waals surface area contributed by atoms with Crippen LogP contribution in [0.2, 0.25) is 0 Å². The molecule has 1 aromatic carbocycles. The Bertz CT molecular complexity index is 549. The highest BCUT2D eigenvalue weighted by Gasteiger charge is 2.06. The Morgan fingerprint density at radius 3 is 2.79 bits per heavy atom. The summed E-state index contributed by atoms with van der Waals surface area (Å²) < 4.78 is 0. The molecule has 0 atom stereocenters. The summed E-state index contributed by atoms with van der Waals surface area (Å²) in [6, 6.07) is 7.77. The van der Waals surface area contributed by atoms with Crippen molar-refractivity contribution in [3.63, 3.8) is 0 Å². The lowest BCUT2D eigenvalue weighted by molar-refractivity contribution is 0.0954. The average molecular weight is 274 g/mol. The van der Waals surface area contributed by atoms with Crippen molar-refractivity contribution in [1.29, 1.82) is 0 Å². The number of aryl methyl sites for hydroxylation is 1. The zero-order valence-corrected chi connectivity index (χ0v) is 12.0. The predicted molar refractivity (Wildman–Crippen MR) is 81.1 cm³/mol. The summed E-state index contributed by atoms with van der Waals surface area (Å²) >= 11 is 1.68. The van der Waals surface area contributed by atoms with Gasteiger partial charge in [-0.15, -0.1) is 0 Å². The van der Waals surface area contributed by atoms with Crippen LogP contribution in [0.5, 0.6) is 0 Å². The first kappa shape index (κ1) is 13.6. The van der Waals surface area contributed by atoms with E-state index in [9.17, 15) is 4.79 Å². The lowest BCUT2D eigenvalue weighted by Gasteiger charge is -2.08. The van der Waals surface area contributed by atoms with Gasteiger partial charge in [-0.2, -0.15) is 11.3 Å². The molecule has 100 valence electrons. The Kier molecular flexibility index (Phi) is 4.58. The van der Waals surface area contributed by atoms with Gasteiger partial charge in [0.05, 0.1) is 0 Å². The number of hydrogen-bond acceptors (Lipinski definition) is 3. The molecule has 0 saturated heterocycles. The van der Waals surface area contributed by atoms with Gasteiger partial charge in [-0.1, -0.05) is 0 Å². The van der Waals surface area contributed by atoms with Crippen molar-refractivity contribution in [2.24, 2.45) is 0 Å². The van der Waals surface area contributed by atoms with Crippen molar-refractivity contribution in [2.45, 2.75) is 13.3 Å². The Hall–Kier alpha value is -1.81. The van der Waals surface area contributed by atoms with E-state index in [-0.39, 0.29) is 5.91 Å². The van der Waals surface area contributed by atoms with E-state index in [0.717, 1.165) is 17.7 Å². The zero-order valence-electron chi connectivity index (χ0n) is 11.2. The highest BCUT2D eigenvalue weighted by molar-refractivity contribution is 7.07. The molecule has 0 aliphatic heterocycles. The van der Waals surface area contributed by atoms with E-state index < -0.39 is 0 Å². The molecule has 2 rings (SSSR count). The summed E-state index contributed by atoms with van der Waals surface area (Å²) in [5.41, 5.74) is 4.11. The van der Waals surface area contributed by atoms with Crippen molar-refractivity contribution in [2.75, 3.05) is 18.9 Å². The highest BCUT2D eigenvalue weighted by Crippen LogP contribution is 2.15. The number of anilines is 1. The minimum atomic E-state index is -0.0130. The first-order valence-electron chi connectivity index (χ1n) is 6.28. The SMILES string of the molecule is CNc1ccc(C(=O)NCCc2ccsc2)cc1C. The first-order chi connectivity index (χ1) is 9.20. The number of rotatable bonds is 5. The monoisotopic (exact) mass is 274 g/mol. The summed E-state index contributed by atoms with van der Waals surface area (Å²) in [4.78, 5) is 12.0. The summed E-state index contributed by atoms with van der Waals surface area (Å²) in [6.07, 6.45) is 0.878. The van der Waals surface area contributed by atoms with Gasteiger partial charge in [0, 0.05) is 24.8 Å². The van der Waals surface area contributed by atoms with E-state index in [4.69, 9.17) is 0 Å². The van der Waals surface area contributed by atoms with Crippen LogP contribution in [-0.4, -0.2) is 19.5 Å². The molecule has 3 nitrogen and oxygen atoms in total. The fourth-order valence-corrected chi connectivity index (χ4v) is 2.65. The number of nitrogens with one attached hydrogen (secondary N) is 2. The van der Waals surface area contributed by atoms with Gasteiger partial charge in [0.2, 0.25) is 0 Å². The average Bonchev–Trinajstić information content (AvgIpc) is 2.91. The molecule has 2 N–H and O–H groups in total. The number of carbonyl (C=O) groups excluding carboxylic acids is 1. The standard InChI is InChI=1S/C15H18N2OS/c1-11-9-13(3-4-14(11)16-2)15(18)17-7-5-12-6-8-19-10-12/h3-4,6,8-10,16H,5,7H2,1-2H3,(H,17,18). The third-order valence-corrected chi connectivity index (χ3v) is 3.77. The molecule has 19 heavy (non-hydrogen) atoms. The summed E-state index contributed by atoms with van der Waals surface area (Å²) in [5.74, 6) is -0.0130. The first-order valence-corrected chi connectivity index (χ1v) is 7.22. The van der Waals surface area contributed by atoms with Crippen molar-refractivity contribution >= 4 is 22.9 Å². The second-order valence-electron chi connectivity index (χ2n) is 4.42. The minimum absolute atomic E-state index is 0.0130. The van der Waals surface area contributed by atoms with Crippen LogP contribution in [0.3, 0.4) is 0 Å². The summed E-state index contributed by atoms with van der Waals surface area (Å²) in [7, 11) is 1.88. The molecule has 1 heterocycles. The number of thiophene rings is 1. The number of carbonyl (C=O) groups is 1. The molecule has 0 aliphatic carbocycles. The molecule has 0 radical (unpaired) electrons. The quantitative estimate of drug-likeness (QED) is 0.879. The molecule has 0 spiro atoms. The van der Waals surface area contributed by atoms with E-state index in [1.165, 1.54) is 5.56 Å². The maximum absolute atomic E-state index is 12.0. The van der Waals surface area contributed by atoms with Gasteiger partial charge in [0.15, 0.2) is 0 Å². The topological polar surface area (TPSA) is 41.1 Å². The smallest absolute Gasteiger partial charge is 0.251 e. The molecule has 0 saturated carbocycles. The van der Waals surface area contributed by atoms with E-state index in [2.05, 4.69) is 27.5 Å². The van der Waals surface area contributed by atoms with Crippen LogP contribution in [0, 0.1) is 6.92 Å². The Balaban J connectivity index is 1.91. The molecule has 0 bridgehead atoms. The minimum Gasteiger partial charge on any atom is -0.388 e. The van der Waals surface area contributed by atoms with Crippen LogP contribution in [0.4, 0.5) is 5.69 Å². The Labute approximate surface area is 117 Å². The van der Waals surface area contributed by atoms with E-state index in [0.29, 0.717) is 12.1 Å². The molecule has 0 unspecified atom stereocenters. The van der Waals surface area contributed by atoms with Crippen molar-refractivity contribution in [1.82, 2.24) is 5.32 Å². The predicted octanol–water partition coefficient (Wildman–Crippen LogP) is 3.07. The van der Waals surface area contributed by atoms with Crippen molar-refractivity contribution in [3.05, 3.63) is 51.7 Å². The van der Waals surface area contributed by atoms with Crippen LogP contribution in [-0.2, 0) is 6.42 Å². The molecule has 0 fully saturated rings. The molecule has 2 aromatic rings. The Morgan fingerprint density at radius 2 is 2.16 bits per heavy atom. The lowest BCUT2D eigenvalue weighted by atomic mass is 10.1. The van der Waals surface area contributed by atoms with Gasteiger partial charge in [-0.05, 0) is 59.5 Å². The third kappa shape index (κ3) is 3.58. The van der Waals surface area contributed by atoms with Gasteiger partial charge in [-0.3, -0.25) is 4.79 Å². The molecule has 0 aliphatic rings.